The Morgan fingerprint density at radius 3 is 2.50 bits per heavy atom. The van der Waals surface area contributed by atoms with Gasteiger partial charge in [-0.3, -0.25) is 4.79 Å². The van der Waals surface area contributed by atoms with Crippen LogP contribution in [-0.4, -0.2) is 64.2 Å². The zero-order valence-electron chi connectivity index (χ0n) is 18.5. The van der Waals surface area contributed by atoms with Crippen LogP contribution in [0.5, 0.6) is 11.5 Å². The topological polar surface area (TPSA) is 94.2 Å². The van der Waals surface area contributed by atoms with Gasteiger partial charge in [0, 0.05) is 13.1 Å². The quantitative estimate of drug-likeness (QED) is 0.544. The van der Waals surface area contributed by atoms with E-state index in [1.54, 1.807) is 19.1 Å². The molecule has 1 saturated heterocycles. The second-order valence-electron chi connectivity index (χ2n) is 7.35. The molecule has 2 aromatic rings. The maximum absolute atomic E-state index is 12.6. The number of morpholine rings is 1. The van der Waals surface area contributed by atoms with Gasteiger partial charge in [-0.15, -0.1) is 0 Å². The van der Waals surface area contributed by atoms with Gasteiger partial charge in [0.25, 0.3) is 5.91 Å². The summed E-state index contributed by atoms with van der Waals surface area (Å²) in [6.07, 6.45) is 0.192. The molecular weight excluding hydrogens is 432 g/mol. The normalized spacial score (nSPS) is 15.7. The molecule has 1 amide bonds. The fourth-order valence-electron chi connectivity index (χ4n) is 3.29. The Morgan fingerprint density at radius 1 is 1.12 bits per heavy atom. The Labute approximate surface area is 189 Å². The van der Waals surface area contributed by atoms with E-state index >= 15 is 0 Å². The van der Waals surface area contributed by atoms with Crippen LogP contribution >= 0.6 is 0 Å². The van der Waals surface area contributed by atoms with Gasteiger partial charge >= 0.3 is 0 Å². The average molecular weight is 463 g/mol. The number of ether oxygens (including phenoxy) is 3. The number of hydrogen-bond donors (Lipinski definition) is 1. The van der Waals surface area contributed by atoms with Gasteiger partial charge in [0.15, 0.2) is 6.10 Å². The number of carbonyl (C=O) groups excluding carboxylic acids is 1. The first-order chi connectivity index (χ1) is 15.4. The summed E-state index contributed by atoms with van der Waals surface area (Å²) in [6, 6.07) is 13.9. The monoisotopic (exact) mass is 462 g/mol. The average Bonchev–Trinajstić information content (AvgIpc) is 2.83. The molecule has 9 heteroatoms. The van der Waals surface area contributed by atoms with Crippen molar-refractivity contribution in [2.24, 2.45) is 0 Å². The summed E-state index contributed by atoms with van der Waals surface area (Å²) in [5.41, 5.74) is 1.05. The maximum Gasteiger partial charge on any atom is 0.260 e. The number of aryl methyl sites for hydroxylation is 1. The van der Waals surface area contributed by atoms with Gasteiger partial charge in [0.1, 0.15) is 18.1 Å². The lowest BCUT2D eigenvalue weighted by molar-refractivity contribution is -0.127. The lowest BCUT2D eigenvalue weighted by Gasteiger charge is -2.26. The molecule has 1 aliphatic heterocycles. The molecular formula is C23H30N2O6S. The zero-order valence-corrected chi connectivity index (χ0v) is 19.3. The van der Waals surface area contributed by atoms with E-state index in [1.165, 1.54) is 16.4 Å². The van der Waals surface area contributed by atoms with E-state index in [1.807, 2.05) is 31.2 Å². The Morgan fingerprint density at radius 2 is 1.81 bits per heavy atom. The molecule has 8 nitrogen and oxygen atoms in total. The van der Waals surface area contributed by atoms with Gasteiger partial charge in [-0.05, 0) is 49.2 Å². The van der Waals surface area contributed by atoms with Crippen molar-refractivity contribution < 1.29 is 27.4 Å². The molecule has 0 saturated carbocycles. The Kier molecular flexibility index (Phi) is 8.49. The molecule has 3 rings (SSSR count). The van der Waals surface area contributed by atoms with Crippen LogP contribution in [0.15, 0.2) is 53.4 Å². The van der Waals surface area contributed by atoms with E-state index in [9.17, 15) is 13.2 Å². The fourth-order valence-corrected chi connectivity index (χ4v) is 4.69. The maximum atomic E-state index is 12.6. The first-order valence-electron chi connectivity index (χ1n) is 10.7. The Bertz CT molecular complexity index is 988. The number of sulfonamides is 1. The SMILES string of the molecule is CCc1ccccc1O[C@H](C)C(=O)NCCOc1ccc(S(=O)(=O)N2CCOCC2)cc1. The molecule has 2 aromatic carbocycles. The van der Waals surface area contributed by atoms with Gasteiger partial charge in [-0.2, -0.15) is 4.31 Å². The highest BCUT2D eigenvalue weighted by atomic mass is 32.2. The number of benzene rings is 2. The third kappa shape index (κ3) is 6.21. The first kappa shape index (κ1) is 24.0. The Balaban J connectivity index is 1.43. The summed E-state index contributed by atoms with van der Waals surface area (Å²) in [7, 11) is -3.53. The number of amides is 1. The van der Waals surface area contributed by atoms with Crippen LogP contribution in [0.1, 0.15) is 19.4 Å². The molecule has 174 valence electrons. The smallest absolute Gasteiger partial charge is 0.260 e. The summed E-state index contributed by atoms with van der Waals surface area (Å²) in [5, 5.41) is 2.79. The third-order valence-electron chi connectivity index (χ3n) is 5.13. The number of nitrogens with one attached hydrogen (secondary N) is 1. The number of para-hydroxylation sites is 1. The van der Waals surface area contributed by atoms with Crippen LogP contribution in [0.25, 0.3) is 0 Å². The van der Waals surface area contributed by atoms with Crippen LogP contribution in [0.3, 0.4) is 0 Å². The standard InChI is InChI=1S/C23H30N2O6S/c1-3-19-6-4-5-7-22(19)31-18(2)23(26)24-12-15-30-20-8-10-21(11-9-20)32(27,28)25-13-16-29-17-14-25/h4-11,18H,3,12-17H2,1-2H3,(H,24,26)/t18-/m1/s1. The molecule has 0 unspecified atom stereocenters. The van der Waals surface area contributed by atoms with Gasteiger partial charge in [0.05, 0.1) is 24.7 Å². The summed E-state index contributed by atoms with van der Waals surface area (Å²) in [6.45, 7) is 5.81. The van der Waals surface area contributed by atoms with E-state index in [0.717, 1.165) is 12.0 Å². The minimum atomic E-state index is -3.53. The van der Waals surface area contributed by atoms with Crippen molar-refractivity contribution in [1.29, 1.82) is 0 Å². The molecule has 0 radical (unpaired) electrons. The minimum Gasteiger partial charge on any atom is -0.492 e. The van der Waals surface area contributed by atoms with Crippen LogP contribution in [0, 0.1) is 0 Å². The summed E-state index contributed by atoms with van der Waals surface area (Å²) in [4.78, 5) is 12.5. The van der Waals surface area contributed by atoms with Crippen LogP contribution in [-0.2, 0) is 26.0 Å². The van der Waals surface area contributed by atoms with Gasteiger partial charge in [-0.1, -0.05) is 25.1 Å². The molecule has 1 heterocycles. The number of nitrogens with zero attached hydrogens (tertiary/aromatic N) is 1. The molecule has 1 atom stereocenters. The number of hydrogen-bond acceptors (Lipinski definition) is 6. The van der Waals surface area contributed by atoms with Gasteiger partial charge < -0.3 is 19.5 Å². The lowest BCUT2D eigenvalue weighted by Crippen LogP contribution is -2.40. The van der Waals surface area contributed by atoms with Crippen molar-refractivity contribution in [2.45, 2.75) is 31.3 Å². The fraction of sp³-hybridized carbons (Fsp3) is 0.435. The number of carbonyl (C=O) groups is 1. The molecule has 0 spiro atoms. The van der Waals surface area contributed by atoms with Crippen molar-refractivity contribution >= 4 is 15.9 Å². The second kappa shape index (κ2) is 11.3. The Hall–Kier alpha value is -2.62. The molecule has 1 aliphatic rings. The zero-order chi connectivity index (χ0) is 23.0. The molecule has 0 aromatic heterocycles. The third-order valence-corrected chi connectivity index (χ3v) is 7.04. The summed E-state index contributed by atoms with van der Waals surface area (Å²) < 4.78 is 43.3. The van der Waals surface area contributed by atoms with Gasteiger partial charge in [-0.25, -0.2) is 8.42 Å². The summed E-state index contributed by atoms with van der Waals surface area (Å²) >= 11 is 0. The highest BCUT2D eigenvalue weighted by Crippen LogP contribution is 2.21. The van der Waals surface area contributed by atoms with Crippen molar-refractivity contribution in [3.63, 3.8) is 0 Å². The highest BCUT2D eigenvalue weighted by molar-refractivity contribution is 7.89. The minimum absolute atomic E-state index is 0.221. The van der Waals surface area contributed by atoms with Crippen LogP contribution in [0.2, 0.25) is 0 Å². The highest BCUT2D eigenvalue weighted by Gasteiger charge is 2.26. The second-order valence-corrected chi connectivity index (χ2v) is 9.29. The molecule has 0 bridgehead atoms. The predicted molar refractivity (Wildman–Crippen MR) is 120 cm³/mol. The number of rotatable bonds is 10. The largest absolute Gasteiger partial charge is 0.492 e. The summed E-state index contributed by atoms with van der Waals surface area (Å²) in [5.74, 6) is 1.01. The molecule has 0 aliphatic carbocycles. The van der Waals surface area contributed by atoms with Crippen molar-refractivity contribution in [1.82, 2.24) is 9.62 Å². The molecule has 1 N–H and O–H groups in total. The lowest BCUT2D eigenvalue weighted by atomic mass is 10.1. The van der Waals surface area contributed by atoms with Gasteiger partial charge in [0.2, 0.25) is 10.0 Å². The van der Waals surface area contributed by atoms with E-state index < -0.39 is 16.1 Å². The van der Waals surface area contributed by atoms with Crippen molar-refractivity contribution in [3.8, 4) is 11.5 Å². The van der Waals surface area contributed by atoms with E-state index in [2.05, 4.69) is 5.32 Å². The van der Waals surface area contributed by atoms with E-state index in [0.29, 0.717) is 44.3 Å². The van der Waals surface area contributed by atoms with Crippen LogP contribution < -0.4 is 14.8 Å². The molecule has 1 fully saturated rings. The van der Waals surface area contributed by atoms with E-state index in [4.69, 9.17) is 14.2 Å². The molecule has 32 heavy (non-hydrogen) atoms. The predicted octanol–water partition coefficient (Wildman–Crippen LogP) is 2.23. The van der Waals surface area contributed by atoms with Crippen molar-refractivity contribution in [3.05, 3.63) is 54.1 Å². The van der Waals surface area contributed by atoms with E-state index in [-0.39, 0.29) is 17.4 Å². The van der Waals surface area contributed by atoms with Crippen molar-refractivity contribution in [2.75, 3.05) is 39.5 Å². The first-order valence-corrected chi connectivity index (χ1v) is 12.2. The van der Waals surface area contributed by atoms with Crippen LogP contribution in [0.4, 0.5) is 0 Å².